The second kappa shape index (κ2) is 4.84. The molecule has 1 heterocycles. The molecule has 0 atom stereocenters. The number of hydrogen-bond acceptors (Lipinski definition) is 4. The number of fused-ring (bicyclic) bond motifs is 1. The summed E-state index contributed by atoms with van der Waals surface area (Å²) in [6, 6.07) is 3.99. The first-order chi connectivity index (χ1) is 7.07. The molecule has 1 aliphatic rings. The van der Waals surface area contributed by atoms with Crippen LogP contribution in [-0.4, -0.2) is 19.6 Å². The minimum absolute atomic E-state index is 0. The van der Waals surface area contributed by atoms with E-state index in [0.717, 1.165) is 0 Å². The number of benzene rings is 1. The number of halogens is 1. The van der Waals surface area contributed by atoms with Crippen LogP contribution >= 0.6 is 12.4 Å². The van der Waals surface area contributed by atoms with E-state index in [1.165, 1.54) is 18.2 Å². The molecule has 0 unspecified atom stereocenters. The van der Waals surface area contributed by atoms with E-state index in [9.17, 15) is 8.42 Å². The fourth-order valence-corrected chi connectivity index (χ4v) is 1.72. The summed E-state index contributed by atoms with van der Waals surface area (Å²) >= 11 is 0. The first-order valence-electron chi connectivity index (χ1n) is 4.15. The maximum absolute atomic E-state index is 10.9. The third kappa shape index (κ3) is 2.73. The van der Waals surface area contributed by atoms with Crippen LogP contribution in [0.5, 0.6) is 5.75 Å². The first kappa shape index (κ1) is 13.0. The van der Waals surface area contributed by atoms with Gasteiger partial charge in [0, 0.05) is 5.56 Å². The average Bonchev–Trinajstić information content (AvgIpc) is 2.39. The van der Waals surface area contributed by atoms with Crippen LogP contribution in [0.4, 0.5) is 0 Å². The summed E-state index contributed by atoms with van der Waals surface area (Å²) in [5.74, 6) is 0.413. The smallest absolute Gasteiger partial charge is 0.294 e. The van der Waals surface area contributed by atoms with Crippen molar-refractivity contribution >= 4 is 28.6 Å². The molecular formula is C9H9ClO5S. The first-order valence-corrected chi connectivity index (χ1v) is 5.59. The standard InChI is InChI=1S/C9H8O5S.ClH/c10-15(11,12)8-3-4-9-7(6-8)2-1-5-13-14-9;/h1-4,6H,5H2,(H,10,11,12);1H. The highest BCUT2D eigenvalue weighted by atomic mass is 35.5. The molecule has 88 valence electrons. The zero-order valence-electron chi connectivity index (χ0n) is 7.99. The topological polar surface area (TPSA) is 72.8 Å². The number of hydrogen-bond donors (Lipinski definition) is 1. The lowest BCUT2D eigenvalue weighted by Gasteiger charge is -2.04. The predicted octanol–water partition coefficient (Wildman–Crippen LogP) is 1.69. The Hall–Kier alpha value is -1.08. The minimum Gasteiger partial charge on any atom is -0.337 e. The van der Waals surface area contributed by atoms with Crippen molar-refractivity contribution in [1.82, 2.24) is 0 Å². The third-order valence-corrected chi connectivity index (χ3v) is 2.74. The molecule has 2 rings (SSSR count). The zero-order valence-corrected chi connectivity index (χ0v) is 9.62. The molecule has 16 heavy (non-hydrogen) atoms. The van der Waals surface area contributed by atoms with Gasteiger partial charge < -0.3 is 4.89 Å². The van der Waals surface area contributed by atoms with Gasteiger partial charge in [-0.15, -0.1) is 12.4 Å². The van der Waals surface area contributed by atoms with Gasteiger partial charge in [0.2, 0.25) is 0 Å². The Labute approximate surface area is 98.8 Å². The second-order valence-electron chi connectivity index (χ2n) is 2.94. The van der Waals surface area contributed by atoms with E-state index in [1.54, 1.807) is 12.2 Å². The Morgan fingerprint density at radius 1 is 1.31 bits per heavy atom. The summed E-state index contributed by atoms with van der Waals surface area (Å²) in [5, 5.41) is 0. The van der Waals surface area contributed by atoms with Gasteiger partial charge in [-0.2, -0.15) is 13.3 Å². The van der Waals surface area contributed by atoms with E-state index < -0.39 is 10.1 Å². The van der Waals surface area contributed by atoms with Gasteiger partial charge in [-0.1, -0.05) is 12.2 Å². The Morgan fingerprint density at radius 3 is 2.75 bits per heavy atom. The SMILES string of the molecule is Cl.O=S(=O)(O)c1ccc2c(c1)C=CCOO2. The van der Waals surface area contributed by atoms with Crippen molar-refractivity contribution in [3.8, 4) is 5.75 Å². The van der Waals surface area contributed by atoms with Crippen molar-refractivity contribution in [3.63, 3.8) is 0 Å². The van der Waals surface area contributed by atoms with Gasteiger partial charge in [-0.3, -0.25) is 4.55 Å². The highest BCUT2D eigenvalue weighted by Gasteiger charge is 2.13. The van der Waals surface area contributed by atoms with E-state index in [2.05, 4.69) is 0 Å². The van der Waals surface area contributed by atoms with Gasteiger partial charge >= 0.3 is 0 Å². The van der Waals surface area contributed by atoms with E-state index in [4.69, 9.17) is 14.3 Å². The van der Waals surface area contributed by atoms with E-state index in [-0.39, 0.29) is 23.9 Å². The molecule has 0 amide bonds. The van der Waals surface area contributed by atoms with E-state index >= 15 is 0 Å². The lowest BCUT2D eigenvalue weighted by Crippen LogP contribution is -2.00. The molecule has 0 bridgehead atoms. The number of rotatable bonds is 1. The molecule has 0 aromatic heterocycles. The summed E-state index contributed by atoms with van der Waals surface area (Å²) in [6.07, 6.45) is 3.34. The van der Waals surface area contributed by atoms with E-state index in [0.29, 0.717) is 11.3 Å². The molecule has 0 fully saturated rings. The highest BCUT2D eigenvalue weighted by Crippen LogP contribution is 2.25. The van der Waals surface area contributed by atoms with Gasteiger partial charge in [-0.25, -0.2) is 0 Å². The normalized spacial score (nSPS) is 14.3. The van der Waals surface area contributed by atoms with Crippen LogP contribution in [-0.2, 0) is 15.0 Å². The van der Waals surface area contributed by atoms with Crippen molar-refractivity contribution in [1.29, 1.82) is 0 Å². The van der Waals surface area contributed by atoms with Gasteiger partial charge in [0.1, 0.15) is 6.61 Å². The van der Waals surface area contributed by atoms with Crippen LogP contribution in [0.3, 0.4) is 0 Å². The van der Waals surface area contributed by atoms with Gasteiger partial charge in [0.15, 0.2) is 5.75 Å². The molecule has 0 radical (unpaired) electrons. The van der Waals surface area contributed by atoms with Crippen molar-refractivity contribution in [2.45, 2.75) is 4.90 Å². The quantitative estimate of drug-likeness (QED) is 0.617. The molecule has 5 nitrogen and oxygen atoms in total. The fourth-order valence-electron chi connectivity index (χ4n) is 1.21. The van der Waals surface area contributed by atoms with Crippen molar-refractivity contribution in [2.75, 3.05) is 6.61 Å². The molecule has 7 heteroatoms. The van der Waals surface area contributed by atoms with Crippen molar-refractivity contribution in [3.05, 3.63) is 29.8 Å². The maximum atomic E-state index is 10.9. The Bertz CT molecular complexity index is 509. The molecule has 0 saturated heterocycles. The van der Waals surface area contributed by atoms with Crippen molar-refractivity contribution in [2.24, 2.45) is 0 Å². The highest BCUT2D eigenvalue weighted by molar-refractivity contribution is 7.85. The summed E-state index contributed by atoms with van der Waals surface area (Å²) in [5.41, 5.74) is 0.544. The molecule has 1 N–H and O–H groups in total. The van der Waals surface area contributed by atoms with Crippen LogP contribution in [0.2, 0.25) is 0 Å². The fraction of sp³-hybridized carbons (Fsp3) is 0.111. The third-order valence-electron chi connectivity index (χ3n) is 1.89. The lowest BCUT2D eigenvalue weighted by atomic mass is 10.2. The van der Waals surface area contributed by atoms with Crippen LogP contribution in [0.25, 0.3) is 6.08 Å². The lowest BCUT2D eigenvalue weighted by molar-refractivity contribution is -0.194. The van der Waals surface area contributed by atoms with Crippen LogP contribution in [0.15, 0.2) is 29.2 Å². The molecule has 0 aliphatic carbocycles. The Balaban J connectivity index is 0.00000128. The summed E-state index contributed by atoms with van der Waals surface area (Å²) in [7, 11) is -4.18. The van der Waals surface area contributed by atoms with Crippen molar-refractivity contribution < 1.29 is 22.7 Å². The molecule has 1 aromatic rings. The summed E-state index contributed by atoms with van der Waals surface area (Å²) in [6.45, 7) is 0.288. The van der Waals surface area contributed by atoms with Crippen LogP contribution < -0.4 is 4.89 Å². The zero-order chi connectivity index (χ0) is 10.9. The Morgan fingerprint density at radius 2 is 2.06 bits per heavy atom. The Kier molecular flexibility index (Phi) is 3.93. The average molecular weight is 265 g/mol. The van der Waals surface area contributed by atoms with Gasteiger partial charge in [0.25, 0.3) is 10.1 Å². The van der Waals surface area contributed by atoms with Crippen LogP contribution in [0.1, 0.15) is 5.56 Å². The minimum atomic E-state index is -4.18. The largest absolute Gasteiger partial charge is 0.337 e. The van der Waals surface area contributed by atoms with Crippen LogP contribution in [0, 0.1) is 0 Å². The monoisotopic (exact) mass is 264 g/mol. The second-order valence-corrected chi connectivity index (χ2v) is 4.37. The van der Waals surface area contributed by atoms with E-state index in [1.807, 2.05) is 0 Å². The molecule has 0 spiro atoms. The van der Waals surface area contributed by atoms with Gasteiger partial charge in [-0.05, 0) is 18.2 Å². The molecule has 0 saturated carbocycles. The summed E-state index contributed by atoms with van der Waals surface area (Å²) < 4.78 is 30.6. The summed E-state index contributed by atoms with van der Waals surface area (Å²) in [4.78, 5) is 9.45. The molecule has 1 aromatic carbocycles. The maximum Gasteiger partial charge on any atom is 0.294 e. The predicted molar refractivity (Wildman–Crippen MR) is 59.1 cm³/mol. The van der Waals surface area contributed by atoms with Gasteiger partial charge in [0.05, 0.1) is 4.90 Å². The molecular weight excluding hydrogens is 256 g/mol. The molecule has 1 aliphatic heterocycles.